The Labute approximate surface area is 167 Å². The first-order valence-electron chi connectivity index (χ1n) is 8.83. The second-order valence-electron chi connectivity index (χ2n) is 6.60. The van der Waals surface area contributed by atoms with Crippen LogP contribution in [0.15, 0.2) is 46.2 Å². The van der Waals surface area contributed by atoms with E-state index < -0.39 is 28.0 Å². The van der Waals surface area contributed by atoms with Gasteiger partial charge in [0.05, 0.1) is 22.6 Å². The minimum Gasteiger partial charge on any atom is -0.495 e. The molecule has 1 aliphatic heterocycles. The Morgan fingerprint density at radius 3 is 2.21 bits per heavy atom. The van der Waals surface area contributed by atoms with E-state index in [-0.39, 0.29) is 9.79 Å². The van der Waals surface area contributed by atoms with Crippen molar-refractivity contribution in [3.05, 3.63) is 42.2 Å². The molecule has 0 unspecified atom stereocenters. The van der Waals surface area contributed by atoms with E-state index in [1.54, 1.807) is 6.07 Å². The van der Waals surface area contributed by atoms with Crippen LogP contribution in [0.3, 0.4) is 0 Å². The van der Waals surface area contributed by atoms with E-state index in [9.17, 15) is 21.6 Å². The molecule has 2 aromatic rings. The third kappa shape index (κ3) is 4.59. The zero-order valence-electron chi connectivity index (χ0n) is 15.9. The van der Waals surface area contributed by atoms with Gasteiger partial charge < -0.3 is 19.3 Å². The van der Waals surface area contributed by atoms with Gasteiger partial charge >= 0.3 is 6.61 Å². The maximum absolute atomic E-state index is 13.7. The SMILES string of the molecule is COc1ccc(S(=O)(=O)c2ccc([18F])c(OC(F)F)c2)cc1N1CCN(C)CC1. The van der Waals surface area contributed by atoms with Gasteiger partial charge in [-0.05, 0) is 37.4 Å². The van der Waals surface area contributed by atoms with Crippen LogP contribution in [0.4, 0.5) is 18.9 Å². The quantitative estimate of drug-likeness (QED) is 0.658. The van der Waals surface area contributed by atoms with Crippen molar-refractivity contribution in [2.45, 2.75) is 16.4 Å². The van der Waals surface area contributed by atoms with Crippen molar-refractivity contribution in [3.63, 3.8) is 0 Å². The molecule has 0 amide bonds. The highest BCUT2D eigenvalue weighted by Crippen LogP contribution is 2.34. The van der Waals surface area contributed by atoms with Gasteiger partial charge in [0.25, 0.3) is 0 Å². The monoisotopic (exact) mass is 429 g/mol. The number of ether oxygens (including phenoxy) is 2. The summed E-state index contributed by atoms with van der Waals surface area (Å²) < 4.78 is 74.1. The van der Waals surface area contributed by atoms with Crippen LogP contribution in [0.1, 0.15) is 0 Å². The first-order valence-corrected chi connectivity index (χ1v) is 10.3. The number of methoxy groups -OCH3 is 1. The van der Waals surface area contributed by atoms with Gasteiger partial charge in [0, 0.05) is 32.2 Å². The number of sulfone groups is 1. The summed E-state index contributed by atoms with van der Waals surface area (Å²) in [6.07, 6.45) is 0. The number of anilines is 1. The first kappa shape index (κ1) is 21.3. The summed E-state index contributed by atoms with van der Waals surface area (Å²) >= 11 is 0. The fraction of sp³-hybridized carbons (Fsp3) is 0.368. The number of halogens is 3. The molecule has 158 valence electrons. The Bertz CT molecular complexity index is 977. The van der Waals surface area contributed by atoms with E-state index in [0.717, 1.165) is 31.3 Å². The van der Waals surface area contributed by atoms with Crippen molar-refractivity contribution in [3.8, 4) is 11.5 Å². The second-order valence-corrected chi connectivity index (χ2v) is 8.55. The third-order valence-electron chi connectivity index (χ3n) is 4.73. The first-order chi connectivity index (χ1) is 13.7. The molecule has 2 aromatic carbocycles. The minimum atomic E-state index is -4.10. The summed E-state index contributed by atoms with van der Waals surface area (Å²) in [4.78, 5) is 3.78. The molecule has 3 rings (SSSR count). The van der Waals surface area contributed by atoms with Crippen molar-refractivity contribution in [1.29, 1.82) is 0 Å². The summed E-state index contributed by atoms with van der Waals surface area (Å²) in [6.45, 7) is -0.260. The molecule has 0 spiro atoms. The highest BCUT2D eigenvalue weighted by Gasteiger charge is 2.24. The molecular weight excluding hydrogens is 408 g/mol. The Balaban J connectivity index is 2.00. The maximum atomic E-state index is 13.7. The molecule has 29 heavy (non-hydrogen) atoms. The standard InChI is InChI=1S/C19H21F3N2O4S/c1-23-7-9-24(10-8-23)16-11-13(4-6-17(16)27-2)29(25,26)14-3-5-15(20)18(12-14)28-19(21)22/h3-6,11-12,19H,7-10H2,1-2H3/i20-1. The van der Waals surface area contributed by atoms with E-state index in [0.29, 0.717) is 24.5 Å². The summed E-state index contributed by atoms with van der Waals surface area (Å²) in [7, 11) is -0.595. The number of benzene rings is 2. The van der Waals surface area contributed by atoms with Crippen LogP contribution < -0.4 is 14.4 Å². The molecule has 0 N–H and O–H groups in total. The van der Waals surface area contributed by atoms with Crippen LogP contribution in [-0.4, -0.2) is 60.3 Å². The average Bonchev–Trinajstić information content (AvgIpc) is 2.69. The molecule has 0 radical (unpaired) electrons. The van der Waals surface area contributed by atoms with E-state index in [4.69, 9.17) is 4.74 Å². The molecule has 1 fully saturated rings. The van der Waals surface area contributed by atoms with Crippen LogP contribution in [-0.2, 0) is 9.84 Å². The molecule has 0 aromatic heterocycles. The Hall–Kier alpha value is -2.46. The largest absolute Gasteiger partial charge is 0.495 e. The molecule has 0 atom stereocenters. The fourth-order valence-corrected chi connectivity index (χ4v) is 4.40. The molecule has 0 bridgehead atoms. The fourth-order valence-electron chi connectivity index (χ4n) is 3.10. The van der Waals surface area contributed by atoms with Gasteiger partial charge in [0.15, 0.2) is 11.6 Å². The lowest BCUT2D eigenvalue weighted by atomic mass is 10.2. The lowest BCUT2D eigenvalue weighted by molar-refractivity contribution is -0.0523. The van der Waals surface area contributed by atoms with Crippen molar-refractivity contribution >= 4 is 15.5 Å². The number of piperazine rings is 1. The van der Waals surface area contributed by atoms with E-state index >= 15 is 0 Å². The summed E-state index contributed by atoms with van der Waals surface area (Å²) in [5, 5.41) is 0. The lowest BCUT2D eigenvalue weighted by Crippen LogP contribution is -2.44. The van der Waals surface area contributed by atoms with E-state index in [1.165, 1.54) is 19.2 Å². The smallest absolute Gasteiger partial charge is 0.387 e. The van der Waals surface area contributed by atoms with Crippen LogP contribution in [0.2, 0.25) is 0 Å². The molecule has 1 saturated heterocycles. The summed E-state index contributed by atoms with van der Waals surface area (Å²) in [5.41, 5.74) is 0.618. The van der Waals surface area contributed by atoms with Gasteiger partial charge in [-0.3, -0.25) is 0 Å². The minimum absolute atomic E-state index is 0.0539. The van der Waals surface area contributed by atoms with Crippen molar-refractivity contribution in [1.82, 2.24) is 4.90 Å². The molecule has 0 aliphatic carbocycles. The number of hydrogen-bond donors (Lipinski definition) is 0. The second kappa shape index (κ2) is 8.50. The number of nitrogens with zero attached hydrogens (tertiary/aromatic N) is 2. The van der Waals surface area contributed by atoms with Crippen LogP contribution in [0.25, 0.3) is 0 Å². The Morgan fingerprint density at radius 1 is 0.966 bits per heavy atom. The lowest BCUT2D eigenvalue weighted by Gasteiger charge is -2.34. The number of alkyl halides is 2. The van der Waals surface area contributed by atoms with Gasteiger partial charge in [-0.25, -0.2) is 12.8 Å². The molecule has 1 aliphatic rings. The van der Waals surface area contributed by atoms with Crippen LogP contribution in [0.5, 0.6) is 11.5 Å². The predicted molar refractivity (Wildman–Crippen MR) is 101 cm³/mol. The topological polar surface area (TPSA) is 59.1 Å². The highest BCUT2D eigenvalue weighted by atomic mass is 32.2. The third-order valence-corrected chi connectivity index (χ3v) is 6.48. The van der Waals surface area contributed by atoms with Crippen molar-refractivity contribution in [2.75, 3.05) is 45.2 Å². The maximum Gasteiger partial charge on any atom is 0.387 e. The van der Waals surface area contributed by atoms with Crippen LogP contribution in [0, 0.1) is 5.82 Å². The predicted octanol–water partition coefficient (Wildman–Crippen LogP) is 3.02. The van der Waals surface area contributed by atoms with Crippen molar-refractivity contribution < 1.29 is 31.1 Å². The Kier molecular flexibility index (Phi) is 6.23. The zero-order chi connectivity index (χ0) is 21.2. The average molecular weight is 429 g/mol. The van der Waals surface area contributed by atoms with Crippen molar-refractivity contribution in [2.24, 2.45) is 0 Å². The van der Waals surface area contributed by atoms with Crippen LogP contribution >= 0.6 is 0 Å². The molecular formula is C19H21F3N2O4S. The van der Waals surface area contributed by atoms with E-state index in [2.05, 4.69) is 9.64 Å². The normalized spacial score (nSPS) is 15.6. The number of hydrogen-bond acceptors (Lipinski definition) is 6. The number of rotatable bonds is 6. The summed E-state index contributed by atoms with van der Waals surface area (Å²) in [6, 6.07) is 6.96. The van der Waals surface area contributed by atoms with E-state index in [1.807, 2.05) is 11.9 Å². The van der Waals surface area contributed by atoms with Gasteiger partial charge in [0.1, 0.15) is 5.75 Å². The van der Waals surface area contributed by atoms with Gasteiger partial charge in [0.2, 0.25) is 9.84 Å². The molecule has 10 heteroatoms. The zero-order valence-corrected chi connectivity index (χ0v) is 16.8. The number of likely N-dealkylation sites (N-methyl/N-ethyl adjacent to an activating group) is 1. The molecule has 1 heterocycles. The molecule has 0 saturated carbocycles. The Morgan fingerprint density at radius 2 is 1.59 bits per heavy atom. The summed E-state index contributed by atoms with van der Waals surface area (Å²) in [5.74, 6) is -1.37. The van der Waals surface area contributed by atoms with Gasteiger partial charge in [-0.15, -0.1) is 0 Å². The van der Waals surface area contributed by atoms with Gasteiger partial charge in [-0.1, -0.05) is 0 Å². The molecule has 6 nitrogen and oxygen atoms in total. The highest BCUT2D eigenvalue weighted by molar-refractivity contribution is 7.91. The van der Waals surface area contributed by atoms with Gasteiger partial charge in [-0.2, -0.15) is 8.78 Å².